The highest BCUT2D eigenvalue weighted by atomic mass is 16.6. The summed E-state index contributed by atoms with van der Waals surface area (Å²) in [5.74, 6) is 0.300. The summed E-state index contributed by atoms with van der Waals surface area (Å²) in [5.41, 5.74) is 0.331. The van der Waals surface area contributed by atoms with Gasteiger partial charge in [-0.1, -0.05) is 0 Å². The van der Waals surface area contributed by atoms with E-state index in [9.17, 15) is 10.1 Å². The second-order valence-electron chi connectivity index (χ2n) is 3.62. The fourth-order valence-electron chi connectivity index (χ4n) is 1.57. The lowest BCUT2D eigenvalue weighted by molar-refractivity contribution is -0.385. The van der Waals surface area contributed by atoms with Crippen LogP contribution >= 0.6 is 0 Å². The van der Waals surface area contributed by atoms with Gasteiger partial charge < -0.3 is 0 Å². The van der Waals surface area contributed by atoms with Crippen LogP contribution in [0.3, 0.4) is 0 Å². The number of rotatable bonds is 2. The van der Waals surface area contributed by atoms with Gasteiger partial charge in [0.25, 0.3) is 5.69 Å². The third kappa shape index (κ3) is 1.98. The van der Waals surface area contributed by atoms with E-state index in [1.807, 2.05) is 6.07 Å². The van der Waals surface area contributed by atoms with Crippen molar-refractivity contribution >= 4 is 5.69 Å². The van der Waals surface area contributed by atoms with Crippen LogP contribution in [-0.2, 0) is 0 Å². The molecule has 0 saturated heterocycles. The normalized spacial score (nSPS) is 9.63. The molecule has 0 atom stereocenters. The number of aryl methyl sites for hydroxylation is 1. The Kier molecular flexibility index (Phi) is 2.92. The molecule has 8 nitrogen and oxygen atoms in total. The SMILES string of the molecule is Cc1cc(-n2cnc(C#N)c2C#N)ncc1[N+](=O)[O-]. The van der Waals surface area contributed by atoms with E-state index in [2.05, 4.69) is 9.97 Å². The zero-order valence-corrected chi connectivity index (χ0v) is 9.73. The van der Waals surface area contributed by atoms with E-state index in [0.717, 1.165) is 6.20 Å². The molecule has 0 amide bonds. The smallest absolute Gasteiger partial charge is 0.273 e. The minimum atomic E-state index is -0.536. The zero-order chi connectivity index (χ0) is 14.0. The van der Waals surface area contributed by atoms with Crippen molar-refractivity contribution in [2.75, 3.05) is 0 Å². The van der Waals surface area contributed by atoms with Crippen LogP contribution in [0.2, 0.25) is 0 Å². The van der Waals surface area contributed by atoms with Crippen molar-refractivity contribution in [3.8, 4) is 18.0 Å². The molecule has 0 spiro atoms. The second kappa shape index (κ2) is 4.55. The molecule has 0 radical (unpaired) electrons. The monoisotopic (exact) mass is 254 g/mol. The van der Waals surface area contributed by atoms with E-state index >= 15 is 0 Å². The molecule has 0 aromatic carbocycles. The minimum Gasteiger partial charge on any atom is -0.273 e. The van der Waals surface area contributed by atoms with Gasteiger partial charge in [-0.2, -0.15) is 10.5 Å². The van der Waals surface area contributed by atoms with Crippen LogP contribution in [-0.4, -0.2) is 19.5 Å². The molecule has 0 unspecified atom stereocenters. The maximum Gasteiger partial charge on any atom is 0.290 e. The van der Waals surface area contributed by atoms with Gasteiger partial charge in [-0.25, -0.2) is 9.97 Å². The number of imidazole rings is 1. The zero-order valence-electron chi connectivity index (χ0n) is 9.73. The largest absolute Gasteiger partial charge is 0.290 e. The molecule has 0 aliphatic carbocycles. The highest BCUT2D eigenvalue weighted by Gasteiger charge is 2.16. The lowest BCUT2D eigenvalue weighted by atomic mass is 10.2. The first-order valence-corrected chi connectivity index (χ1v) is 5.07. The van der Waals surface area contributed by atoms with Gasteiger partial charge in [0.15, 0.2) is 11.4 Å². The summed E-state index contributed by atoms with van der Waals surface area (Å²) in [7, 11) is 0. The number of aromatic nitrogens is 3. The van der Waals surface area contributed by atoms with Crippen LogP contribution in [0.15, 0.2) is 18.6 Å². The fourth-order valence-corrected chi connectivity index (χ4v) is 1.57. The summed E-state index contributed by atoms with van der Waals surface area (Å²) >= 11 is 0. The van der Waals surface area contributed by atoms with Crippen molar-refractivity contribution in [3.63, 3.8) is 0 Å². The summed E-state index contributed by atoms with van der Waals surface area (Å²) in [6.45, 7) is 1.57. The number of hydrogen-bond acceptors (Lipinski definition) is 6. The van der Waals surface area contributed by atoms with Gasteiger partial charge in [0.05, 0.1) is 4.92 Å². The van der Waals surface area contributed by atoms with Crippen LogP contribution in [0.1, 0.15) is 17.0 Å². The predicted octanol–water partition coefficient (Wildman–Crippen LogP) is 1.23. The number of hydrogen-bond donors (Lipinski definition) is 0. The van der Waals surface area contributed by atoms with Crippen LogP contribution in [0.4, 0.5) is 5.69 Å². The summed E-state index contributed by atoms with van der Waals surface area (Å²) < 4.78 is 1.31. The third-order valence-corrected chi connectivity index (χ3v) is 2.49. The molecule has 2 aromatic rings. The molecule has 0 saturated carbocycles. The van der Waals surface area contributed by atoms with Crippen molar-refractivity contribution in [3.05, 3.63) is 45.7 Å². The molecule has 92 valence electrons. The summed E-state index contributed by atoms with van der Waals surface area (Å²) in [6, 6.07) is 5.11. The van der Waals surface area contributed by atoms with Crippen molar-refractivity contribution < 1.29 is 4.92 Å². The third-order valence-electron chi connectivity index (χ3n) is 2.49. The second-order valence-corrected chi connectivity index (χ2v) is 3.62. The quantitative estimate of drug-likeness (QED) is 0.586. The standard InChI is InChI=1S/C11H6N6O2/c1-7-2-11(14-5-10(7)17(18)19)16-6-15-8(3-12)9(16)4-13/h2,5-6H,1H3. The topological polar surface area (TPSA) is 121 Å². The van der Waals surface area contributed by atoms with Gasteiger partial charge in [0.2, 0.25) is 0 Å². The summed E-state index contributed by atoms with van der Waals surface area (Å²) in [4.78, 5) is 17.8. The van der Waals surface area contributed by atoms with Crippen LogP contribution in [0, 0.1) is 39.7 Å². The lowest BCUT2D eigenvalue weighted by Crippen LogP contribution is -2.02. The van der Waals surface area contributed by atoms with Gasteiger partial charge in [0.1, 0.15) is 30.5 Å². The van der Waals surface area contributed by atoms with Gasteiger partial charge in [-0.05, 0) is 13.0 Å². The molecule has 8 heteroatoms. The van der Waals surface area contributed by atoms with Crippen molar-refractivity contribution in [1.82, 2.24) is 14.5 Å². The van der Waals surface area contributed by atoms with Crippen LogP contribution in [0.25, 0.3) is 5.82 Å². The average molecular weight is 254 g/mol. The van der Waals surface area contributed by atoms with Gasteiger partial charge >= 0.3 is 0 Å². The molecule has 2 rings (SSSR count). The Bertz CT molecular complexity index is 750. The Morgan fingerprint density at radius 2 is 2.11 bits per heavy atom. The maximum absolute atomic E-state index is 10.7. The highest BCUT2D eigenvalue weighted by molar-refractivity contribution is 5.46. The fraction of sp³-hybridized carbons (Fsp3) is 0.0909. The van der Waals surface area contributed by atoms with Crippen LogP contribution < -0.4 is 0 Å². The van der Waals surface area contributed by atoms with E-state index in [1.54, 1.807) is 13.0 Å². The molecule has 0 fully saturated rings. The molecular weight excluding hydrogens is 248 g/mol. The molecular formula is C11H6N6O2. The Morgan fingerprint density at radius 1 is 1.37 bits per heavy atom. The Labute approximate surface area is 107 Å². The highest BCUT2D eigenvalue weighted by Crippen LogP contribution is 2.20. The molecule has 19 heavy (non-hydrogen) atoms. The molecule has 2 aromatic heterocycles. The van der Waals surface area contributed by atoms with E-state index in [0.29, 0.717) is 11.4 Å². The van der Waals surface area contributed by atoms with Crippen molar-refractivity contribution in [2.24, 2.45) is 0 Å². The summed E-state index contributed by atoms with van der Waals surface area (Å²) in [5, 5.41) is 28.5. The van der Waals surface area contributed by atoms with Gasteiger partial charge in [-0.15, -0.1) is 0 Å². The van der Waals surface area contributed by atoms with E-state index < -0.39 is 4.92 Å². The Balaban J connectivity index is 2.59. The van der Waals surface area contributed by atoms with Gasteiger partial charge in [-0.3, -0.25) is 14.7 Å². The molecule has 0 bridgehead atoms. The predicted molar refractivity (Wildman–Crippen MR) is 62.2 cm³/mol. The Morgan fingerprint density at radius 3 is 2.63 bits per heavy atom. The molecule has 0 aliphatic rings. The van der Waals surface area contributed by atoms with Crippen molar-refractivity contribution in [2.45, 2.75) is 6.92 Å². The number of pyridine rings is 1. The maximum atomic E-state index is 10.7. The first kappa shape index (κ1) is 12.2. The average Bonchev–Trinajstić information content (AvgIpc) is 2.80. The minimum absolute atomic E-state index is 0.0136. The number of nitro groups is 1. The van der Waals surface area contributed by atoms with E-state index in [1.165, 1.54) is 17.0 Å². The summed E-state index contributed by atoms with van der Waals surface area (Å²) in [6.07, 6.45) is 2.39. The molecule has 0 N–H and O–H groups in total. The Hall–Kier alpha value is -3.26. The lowest BCUT2D eigenvalue weighted by Gasteiger charge is -2.03. The van der Waals surface area contributed by atoms with E-state index in [-0.39, 0.29) is 17.1 Å². The first-order chi connectivity index (χ1) is 9.08. The first-order valence-electron chi connectivity index (χ1n) is 5.07. The molecule has 2 heterocycles. The number of nitrogens with zero attached hydrogens (tertiary/aromatic N) is 6. The van der Waals surface area contributed by atoms with Gasteiger partial charge in [0, 0.05) is 5.56 Å². The van der Waals surface area contributed by atoms with Crippen LogP contribution in [0.5, 0.6) is 0 Å². The van der Waals surface area contributed by atoms with E-state index in [4.69, 9.17) is 10.5 Å². The molecule has 0 aliphatic heterocycles. The number of nitriles is 2. The van der Waals surface area contributed by atoms with Crippen molar-refractivity contribution in [1.29, 1.82) is 10.5 Å².